The number of hydrogen-bond acceptors (Lipinski definition) is 6. The summed E-state index contributed by atoms with van der Waals surface area (Å²) in [7, 11) is 3.15. The fourth-order valence-corrected chi connectivity index (χ4v) is 1.32. The van der Waals surface area contributed by atoms with Crippen LogP contribution in [0.15, 0.2) is 16.8 Å². The maximum atomic E-state index is 11.6. The van der Waals surface area contributed by atoms with Crippen molar-refractivity contribution >= 4 is 5.91 Å². The Bertz CT molecular complexity index is 592. The molecule has 0 atom stereocenters. The maximum absolute atomic E-state index is 11.6. The van der Waals surface area contributed by atoms with Gasteiger partial charge in [0.15, 0.2) is 5.69 Å². The summed E-state index contributed by atoms with van der Waals surface area (Å²) in [5.74, 6) is -0.519. The molecule has 2 rings (SSSR count). The number of amides is 1. The molecule has 0 fully saturated rings. The zero-order chi connectivity index (χ0) is 13.3. The average molecular weight is 248 g/mol. The van der Waals surface area contributed by atoms with E-state index in [1.807, 2.05) is 0 Å². The highest BCUT2D eigenvalue weighted by Gasteiger charge is 2.19. The van der Waals surface area contributed by atoms with Gasteiger partial charge in [0.05, 0.1) is 0 Å². The van der Waals surface area contributed by atoms with E-state index in [0.29, 0.717) is 0 Å². The van der Waals surface area contributed by atoms with Gasteiger partial charge in [0.1, 0.15) is 5.75 Å². The Balaban J connectivity index is 2.38. The Hall–Kier alpha value is -2.44. The molecule has 94 valence electrons. The maximum Gasteiger partial charge on any atom is 0.316 e. The Morgan fingerprint density at radius 3 is 2.78 bits per heavy atom. The molecule has 18 heavy (non-hydrogen) atoms. The molecule has 0 aliphatic heterocycles. The molecule has 7 nitrogen and oxygen atoms in total. The number of carbonyl (C=O) groups is 1. The van der Waals surface area contributed by atoms with Crippen LogP contribution < -0.4 is 0 Å². The second-order valence-electron chi connectivity index (χ2n) is 4.00. The third-order valence-corrected chi connectivity index (χ3v) is 2.23. The van der Waals surface area contributed by atoms with Gasteiger partial charge in [-0.15, -0.1) is 0 Å². The summed E-state index contributed by atoms with van der Waals surface area (Å²) in [6.07, 6.45) is 1.57. The van der Waals surface area contributed by atoms with Gasteiger partial charge in [-0.3, -0.25) is 4.79 Å². The van der Waals surface area contributed by atoms with Crippen LogP contribution in [0.1, 0.15) is 16.2 Å². The van der Waals surface area contributed by atoms with Crippen LogP contribution in [-0.4, -0.2) is 45.1 Å². The van der Waals surface area contributed by atoms with E-state index in [4.69, 9.17) is 4.52 Å². The highest BCUT2D eigenvalue weighted by Crippen LogP contribution is 2.24. The lowest BCUT2D eigenvalue weighted by Crippen LogP contribution is -2.21. The van der Waals surface area contributed by atoms with Crippen molar-refractivity contribution in [3.05, 3.63) is 23.7 Å². The number of aryl methyl sites for hydroxylation is 1. The Kier molecular flexibility index (Phi) is 2.97. The summed E-state index contributed by atoms with van der Waals surface area (Å²) in [5.41, 5.74) is 0.992. The van der Waals surface area contributed by atoms with E-state index >= 15 is 0 Å². The van der Waals surface area contributed by atoms with E-state index in [2.05, 4.69) is 15.1 Å². The minimum absolute atomic E-state index is 0.0559. The first kappa shape index (κ1) is 12.0. The zero-order valence-electron chi connectivity index (χ0n) is 10.2. The van der Waals surface area contributed by atoms with Crippen LogP contribution in [0.5, 0.6) is 5.75 Å². The Morgan fingerprint density at radius 2 is 2.17 bits per heavy atom. The van der Waals surface area contributed by atoms with Crippen LogP contribution in [0.25, 0.3) is 11.5 Å². The normalized spacial score (nSPS) is 10.4. The standard InChI is InChI=1S/C11H12N4O3/c1-6-4-7(16)8(12-5-6)9-13-10(18-14-9)11(17)15(2)3/h4-5,16H,1-3H3. The fraction of sp³-hybridized carbons (Fsp3) is 0.273. The Morgan fingerprint density at radius 1 is 1.44 bits per heavy atom. The molecule has 0 saturated heterocycles. The fourth-order valence-electron chi connectivity index (χ4n) is 1.32. The summed E-state index contributed by atoms with van der Waals surface area (Å²) in [6.45, 7) is 1.80. The molecule has 1 N–H and O–H groups in total. The molecule has 0 unspecified atom stereocenters. The first-order valence-electron chi connectivity index (χ1n) is 5.20. The molecule has 0 bridgehead atoms. The SMILES string of the molecule is Cc1cnc(-c2noc(C(=O)N(C)C)n2)c(O)c1. The summed E-state index contributed by atoms with van der Waals surface area (Å²) < 4.78 is 4.82. The van der Waals surface area contributed by atoms with Crippen LogP contribution in [0.2, 0.25) is 0 Å². The number of carbonyl (C=O) groups excluding carboxylic acids is 1. The van der Waals surface area contributed by atoms with Crippen molar-refractivity contribution < 1.29 is 14.4 Å². The monoisotopic (exact) mass is 248 g/mol. The summed E-state index contributed by atoms with van der Waals surface area (Å²) >= 11 is 0. The molecule has 0 spiro atoms. The molecule has 0 aliphatic carbocycles. The van der Waals surface area contributed by atoms with Gasteiger partial charge >= 0.3 is 11.8 Å². The van der Waals surface area contributed by atoms with Crippen molar-refractivity contribution in [2.45, 2.75) is 6.92 Å². The second kappa shape index (κ2) is 4.44. The van der Waals surface area contributed by atoms with Crippen molar-refractivity contribution in [1.82, 2.24) is 20.0 Å². The van der Waals surface area contributed by atoms with E-state index < -0.39 is 5.91 Å². The minimum Gasteiger partial charge on any atom is -0.506 e. The van der Waals surface area contributed by atoms with Crippen LogP contribution in [0, 0.1) is 6.92 Å². The van der Waals surface area contributed by atoms with Crippen molar-refractivity contribution in [1.29, 1.82) is 0 Å². The number of pyridine rings is 1. The molecular formula is C11H12N4O3. The van der Waals surface area contributed by atoms with Gasteiger partial charge in [0, 0.05) is 20.3 Å². The number of aromatic hydroxyl groups is 1. The van der Waals surface area contributed by atoms with Gasteiger partial charge < -0.3 is 14.5 Å². The second-order valence-corrected chi connectivity index (χ2v) is 4.00. The molecular weight excluding hydrogens is 236 g/mol. The third-order valence-electron chi connectivity index (χ3n) is 2.23. The van der Waals surface area contributed by atoms with Gasteiger partial charge in [-0.1, -0.05) is 5.16 Å². The Labute approximate surface area is 103 Å². The van der Waals surface area contributed by atoms with Crippen molar-refractivity contribution in [3.63, 3.8) is 0 Å². The largest absolute Gasteiger partial charge is 0.506 e. The molecule has 2 heterocycles. The van der Waals surface area contributed by atoms with Gasteiger partial charge in [-0.05, 0) is 18.6 Å². The van der Waals surface area contributed by atoms with E-state index in [1.54, 1.807) is 27.2 Å². The highest BCUT2D eigenvalue weighted by molar-refractivity contribution is 5.89. The zero-order valence-corrected chi connectivity index (χ0v) is 10.2. The molecule has 0 radical (unpaired) electrons. The molecule has 0 saturated carbocycles. The lowest BCUT2D eigenvalue weighted by atomic mass is 10.2. The van der Waals surface area contributed by atoms with Gasteiger partial charge in [0.25, 0.3) is 0 Å². The molecule has 1 amide bonds. The van der Waals surface area contributed by atoms with Gasteiger partial charge in [-0.25, -0.2) is 4.98 Å². The minimum atomic E-state index is -0.402. The van der Waals surface area contributed by atoms with Crippen LogP contribution in [-0.2, 0) is 0 Å². The molecule has 0 aliphatic rings. The van der Waals surface area contributed by atoms with Crippen molar-refractivity contribution in [3.8, 4) is 17.3 Å². The number of nitrogens with zero attached hydrogens (tertiary/aromatic N) is 4. The van der Waals surface area contributed by atoms with Crippen molar-refractivity contribution in [2.75, 3.05) is 14.1 Å². The first-order valence-corrected chi connectivity index (χ1v) is 5.20. The lowest BCUT2D eigenvalue weighted by molar-refractivity contribution is 0.0779. The quantitative estimate of drug-likeness (QED) is 0.846. The van der Waals surface area contributed by atoms with E-state index in [1.165, 1.54) is 11.0 Å². The van der Waals surface area contributed by atoms with Crippen molar-refractivity contribution in [2.24, 2.45) is 0 Å². The topological polar surface area (TPSA) is 92.4 Å². The summed E-state index contributed by atoms with van der Waals surface area (Å²) in [5, 5.41) is 13.3. The van der Waals surface area contributed by atoms with Crippen LogP contribution >= 0.6 is 0 Å². The molecule has 0 aromatic carbocycles. The van der Waals surface area contributed by atoms with E-state index in [-0.39, 0.29) is 23.2 Å². The molecule has 2 aromatic heterocycles. The smallest absolute Gasteiger partial charge is 0.316 e. The highest BCUT2D eigenvalue weighted by atomic mass is 16.5. The number of aromatic nitrogens is 3. The van der Waals surface area contributed by atoms with Gasteiger partial charge in [-0.2, -0.15) is 4.98 Å². The summed E-state index contributed by atoms with van der Waals surface area (Å²) in [4.78, 5) is 20.8. The van der Waals surface area contributed by atoms with E-state index in [0.717, 1.165) is 5.56 Å². The number of rotatable bonds is 2. The predicted molar refractivity (Wildman–Crippen MR) is 61.9 cm³/mol. The number of hydrogen-bond donors (Lipinski definition) is 1. The van der Waals surface area contributed by atoms with E-state index in [9.17, 15) is 9.90 Å². The third kappa shape index (κ3) is 2.15. The van der Waals surface area contributed by atoms with Crippen LogP contribution in [0.4, 0.5) is 0 Å². The lowest BCUT2D eigenvalue weighted by Gasteiger charge is -2.04. The molecule has 7 heteroatoms. The first-order chi connectivity index (χ1) is 8.49. The summed E-state index contributed by atoms with van der Waals surface area (Å²) in [6, 6.07) is 1.53. The molecule has 2 aromatic rings. The average Bonchev–Trinajstić information content (AvgIpc) is 2.77. The predicted octanol–water partition coefficient (Wildman–Crippen LogP) is 0.847. The van der Waals surface area contributed by atoms with Gasteiger partial charge in [0.2, 0.25) is 5.82 Å². The van der Waals surface area contributed by atoms with Crippen LogP contribution in [0.3, 0.4) is 0 Å².